The second-order valence-electron chi connectivity index (χ2n) is 5.51. The van der Waals surface area contributed by atoms with Gasteiger partial charge in [0, 0.05) is 38.8 Å². The summed E-state index contributed by atoms with van der Waals surface area (Å²) >= 11 is 0. The molecular formula is C13H23N3O4. The molecule has 1 aliphatic carbocycles. The molecule has 20 heavy (non-hydrogen) atoms. The normalized spacial score (nSPS) is 24.2. The van der Waals surface area contributed by atoms with Gasteiger partial charge < -0.3 is 25.4 Å². The van der Waals surface area contributed by atoms with Gasteiger partial charge in [0.1, 0.15) is 0 Å². The van der Waals surface area contributed by atoms with Gasteiger partial charge in [0.2, 0.25) is 0 Å². The highest BCUT2D eigenvalue weighted by Crippen LogP contribution is 2.46. The summed E-state index contributed by atoms with van der Waals surface area (Å²) in [4.78, 5) is 24.1. The van der Waals surface area contributed by atoms with Crippen LogP contribution in [0.15, 0.2) is 0 Å². The predicted molar refractivity (Wildman–Crippen MR) is 72.6 cm³/mol. The number of nitrogens with one attached hydrogen (secondary N) is 2. The molecule has 1 heterocycles. The Hall–Kier alpha value is -1.34. The molecule has 7 heteroatoms. The Labute approximate surface area is 118 Å². The van der Waals surface area contributed by atoms with Gasteiger partial charge in [-0.15, -0.1) is 0 Å². The van der Waals surface area contributed by atoms with E-state index >= 15 is 0 Å². The fourth-order valence-corrected chi connectivity index (χ4v) is 2.51. The third-order valence-electron chi connectivity index (χ3n) is 3.94. The second-order valence-corrected chi connectivity index (χ2v) is 5.51. The van der Waals surface area contributed by atoms with E-state index in [1.807, 2.05) is 6.92 Å². The summed E-state index contributed by atoms with van der Waals surface area (Å²) in [7, 11) is 0. The van der Waals surface area contributed by atoms with Crippen LogP contribution in [0.25, 0.3) is 0 Å². The Morgan fingerprint density at radius 2 is 2.25 bits per heavy atom. The van der Waals surface area contributed by atoms with Crippen molar-refractivity contribution in [2.75, 3.05) is 39.3 Å². The van der Waals surface area contributed by atoms with Gasteiger partial charge in [0.25, 0.3) is 0 Å². The molecule has 1 unspecified atom stereocenters. The van der Waals surface area contributed by atoms with Gasteiger partial charge in [-0.25, -0.2) is 4.79 Å². The predicted octanol–water partition coefficient (Wildman–Crippen LogP) is -0.129. The van der Waals surface area contributed by atoms with Gasteiger partial charge in [-0.2, -0.15) is 0 Å². The van der Waals surface area contributed by atoms with Crippen molar-refractivity contribution in [3.05, 3.63) is 0 Å². The highest BCUT2D eigenvalue weighted by molar-refractivity contribution is 5.80. The summed E-state index contributed by atoms with van der Waals surface area (Å²) in [5.74, 6) is -0.115. The standard InChI is InChI=1S/C13H23N3O4/c1-2-20-11(17)13(3-4-13)9-14-7-10-8-16(12(18)19)6-5-15-10/h10,14-15H,2-9H2,1H3,(H,18,19). The van der Waals surface area contributed by atoms with Crippen molar-refractivity contribution in [3.8, 4) is 0 Å². The van der Waals surface area contributed by atoms with Gasteiger partial charge in [0.15, 0.2) is 0 Å². The summed E-state index contributed by atoms with van der Waals surface area (Å²) in [5, 5.41) is 15.5. The second kappa shape index (κ2) is 6.41. The Morgan fingerprint density at radius 3 is 2.85 bits per heavy atom. The van der Waals surface area contributed by atoms with E-state index < -0.39 is 6.09 Å². The SMILES string of the molecule is CCOC(=O)C1(CNCC2CN(C(=O)O)CCN2)CC1. The van der Waals surface area contributed by atoms with E-state index in [1.165, 1.54) is 4.90 Å². The maximum atomic E-state index is 11.8. The van der Waals surface area contributed by atoms with E-state index in [4.69, 9.17) is 9.84 Å². The number of hydrogen-bond acceptors (Lipinski definition) is 5. The molecule has 1 saturated heterocycles. The maximum absolute atomic E-state index is 11.8. The molecule has 2 rings (SSSR count). The average Bonchev–Trinajstić information content (AvgIpc) is 3.20. The van der Waals surface area contributed by atoms with Crippen molar-refractivity contribution >= 4 is 12.1 Å². The number of carboxylic acid groups (broad SMARTS) is 1. The molecular weight excluding hydrogens is 262 g/mol. The Balaban J connectivity index is 1.71. The highest BCUT2D eigenvalue weighted by atomic mass is 16.5. The lowest BCUT2D eigenvalue weighted by Gasteiger charge is -2.32. The maximum Gasteiger partial charge on any atom is 0.407 e. The number of hydrogen-bond donors (Lipinski definition) is 3. The minimum Gasteiger partial charge on any atom is -0.466 e. The Bertz CT molecular complexity index is 371. The zero-order chi connectivity index (χ0) is 14.6. The first-order valence-electron chi connectivity index (χ1n) is 7.16. The minimum atomic E-state index is -0.873. The first kappa shape index (κ1) is 15.1. The van der Waals surface area contributed by atoms with E-state index in [9.17, 15) is 9.59 Å². The topological polar surface area (TPSA) is 90.9 Å². The number of piperazine rings is 1. The number of carbonyl (C=O) groups excluding carboxylic acids is 1. The van der Waals surface area contributed by atoms with Crippen LogP contribution >= 0.6 is 0 Å². The number of rotatable bonds is 6. The molecule has 0 aromatic carbocycles. The quantitative estimate of drug-likeness (QED) is 0.589. The number of ether oxygens (including phenoxy) is 1. The molecule has 2 fully saturated rings. The lowest BCUT2D eigenvalue weighted by atomic mass is 10.1. The first-order chi connectivity index (χ1) is 9.57. The molecule has 0 radical (unpaired) electrons. The molecule has 0 spiro atoms. The monoisotopic (exact) mass is 285 g/mol. The molecule has 1 atom stereocenters. The summed E-state index contributed by atoms with van der Waals surface area (Å²) in [6.45, 7) is 5.17. The van der Waals surface area contributed by atoms with Crippen molar-refractivity contribution < 1.29 is 19.4 Å². The molecule has 3 N–H and O–H groups in total. The van der Waals surface area contributed by atoms with Crippen LogP contribution in [-0.2, 0) is 9.53 Å². The van der Waals surface area contributed by atoms with Crippen molar-refractivity contribution in [1.82, 2.24) is 15.5 Å². The van der Waals surface area contributed by atoms with Crippen LogP contribution in [0.1, 0.15) is 19.8 Å². The van der Waals surface area contributed by atoms with Gasteiger partial charge in [-0.05, 0) is 19.8 Å². The van der Waals surface area contributed by atoms with E-state index in [-0.39, 0.29) is 17.4 Å². The van der Waals surface area contributed by atoms with E-state index in [0.717, 1.165) is 12.8 Å². The van der Waals surface area contributed by atoms with E-state index in [0.29, 0.717) is 39.3 Å². The van der Waals surface area contributed by atoms with Crippen LogP contribution in [0.5, 0.6) is 0 Å². The summed E-state index contributed by atoms with van der Waals surface area (Å²) in [6, 6.07) is 0.0952. The molecule has 114 valence electrons. The van der Waals surface area contributed by atoms with Gasteiger partial charge >= 0.3 is 12.1 Å². The zero-order valence-electron chi connectivity index (χ0n) is 11.9. The largest absolute Gasteiger partial charge is 0.466 e. The number of carbonyl (C=O) groups is 2. The third-order valence-corrected chi connectivity index (χ3v) is 3.94. The van der Waals surface area contributed by atoms with E-state index in [1.54, 1.807) is 0 Å². The molecule has 1 saturated carbocycles. The van der Waals surface area contributed by atoms with Crippen molar-refractivity contribution in [2.24, 2.45) is 5.41 Å². The van der Waals surface area contributed by atoms with Gasteiger partial charge in [0.05, 0.1) is 12.0 Å². The summed E-state index contributed by atoms with van der Waals surface area (Å²) in [6.07, 6.45) is 0.873. The lowest BCUT2D eigenvalue weighted by Crippen LogP contribution is -2.56. The molecule has 1 amide bonds. The van der Waals surface area contributed by atoms with Crippen molar-refractivity contribution in [1.29, 1.82) is 0 Å². The fraction of sp³-hybridized carbons (Fsp3) is 0.846. The Morgan fingerprint density at radius 1 is 1.50 bits per heavy atom. The lowest BCUT2D eigenvalue weighted by molar-refractivity contribution is -0.149. The third kappa shape index (κ3) is 3.61. The van der Waals surface area contributed by atoms with Crippen LogP contribution in [0.4, 0.5) is 4.79 Å². The first-order valence-corrected chi connectivity index (χ1v) is 7.16. The van der Waals surface area contributed by atoms with E-state index in [2.05, 4.69) is 10.6 Å². The minimum absolute atomic E-state index is 0.0952. The summed E-state index contributed by atoms with van der Waals surface area (Å²) in [5.41, 5.74) is -0.336. The molecule has 0 aromatic rings. The average molecular weight is 285 g/mol. The zero-order valence-corrected chi connectivity index (χ0v) is 11.9. The molecule has 1 aliphatic heterocycles. The van der Waals surface area contributed by atoms with Crippen LogP contribution in [0.2, 0.25) is 0 Å². The van der Waals surface area contributed by atoms with Gasteiger partial charge in [-0.3, -0.25) is 4.79 Å². The van der Waals surface area contributed by atoms with Crippen molar-refractivity contribution in [3.63, 3.8) is 0 Å². The van der Waals surface area contributed by atoms with Gasteiger partial charge in [-0.1, -0.05) is 0 Å². The van der Waals surface area contributed by atoms with Crippen LogP contribution in [0.3, 0.4) is 0 Å². The summed E-state index contributed by atoms with van der Waals surface area (Å²) < 4.78 is 5.08. The number of amides is 1. The number of nitrogens with zero attached hydrogens (tertiary/aromatic N) is 1. The fourth-order valence-electron chi connectivity index (χ4n) is 2.51. The van der Waals surface area contributed by atoms with Crippen LogP contribution in [-0.4, -0.2) is 67.4 Å². The smallest absolute Gasteiger partial charge is 0.407 e. The Kier molecular flexibility index (Phi) is 4.82. The molecule has 0 aromatic heterocycles. The molecule has 2 aliphatic rings. The highest BCUT2D eigenvalue weighted by Gasteiger charge is 2.50. The number of esters is 1. The molecule has 7 nitrogen and oxygen atoms in total. The van der Waals surface area contributed by atoms with Crippen LogP contribution < -0.4 is 10.6 Å². The van der Waals surface area contributed by atoms with Crippen molar-refractivity contribution in [2.45, 2.75) is 25.8 Å². The molecule has 0 bridgehead atoms. The van der Waals surface area contributed by atoms with Crippen LogP contribution in [0, 0.1) is 5.41 Å².